The van der Waals surface area contributed by atoms with Crippen LogP contribution in [-0.4, -0.2) is 29.7 Å². The van der Waals surface area contributed by atoms with Gasteiger partial charge in [-0.1, -0.05) is 23.2 Å². The fraction of sp³-hybridized carbons (Fsp3) is 0.316. The van der Waals surface area contributed by atoms with E-state index < -0.39 is 0 Å². The number of rotatable bonds is 9. The normalized spacial score (nSPS) is 10.7. The molecule has 0 aliphatic heterocycles. The van der Waals surface area contributed by atoms with Crippen LogP contribution in [0.5, 0.6) is 5.75 Å². The summed E-state index contributed by atoms with van der Waals surface area (Å²) in [6.07, 6.45) is 3.50. The van der Waals surface area contributed by atoms with Crippen molar-refractivity contribution in [3.05, 3.63) is 51.5 Å². The molecule has 1 amide bonds. The average molecular weight is 406 g/mol. The van der Waals surface area contributed by atoms with Crippen LogP contribution in [0, 0.1) is 0 Å². The Morgan fingerprint density at radius 3 is 2.70 bits per heavy atom. The highest BCUT2D eigenvalue weighted by Crippen LogP contribution is 2.21. The first-order chi connectivity index (χ1) is 13.2. The van der Waals surface area contributed by atoms with E-state index in [0.717, 1.165) is 37.0 Å². The number of aryl methyl sites for hydroxylation is 1. The van der Waals surface area contributed by atoms with Crippen molar-refractivity contribution in [2.24, 2.45) is 0 Å². The summed E-state index contributed by atoms with van der Waals surface area (Å²) in [4.78, 5) is 17.0. The molecule has 0 fully saturated rings. The highest BCUT2D eigenvalue weighted by molar-refractivity contribution is 7.17. The van der Waals surface area contributed by atoms with Crippen LogP contribution in [0.15, 0.2) is 40.9 Å². The third-order valence-electron chi connectivity index (χ3n) is 3.97. The lowest BCUT2D eigenvalue weighted by Crippen LogP contribution is -2.23. The molecule has 1 N–H and O–H groups in total. The molecule has 8 heteroatoms. The molecule has 3 aromatic rings. The summed E-state index contributed by atoms with van der Waals surface area (Å²) in [6.45, 7) is 0.634. The van der Waals surface area contributed by atoms with Gasteiger partial charge in [0.25, 0.3) is 5.91 Å². The first-order valence-corrected chi connectivity index (χ1v) is 9.85. The second kappa shape index (κ2) is 9.53. The van der Waals surface area contributed by atoms with Gasteiger partial charge >= 0.3 is 0 Å². The van der Waals surface area contributed by atoms with E-state index in [1.54, 1.807) is 19.2 Å². The summed E-state index contributed by atoms with van der Waals surface area (Å²) in [5.74, 6) is 1.91. The van der Waals surface area contributed by atoms with E-state index in [4.69, 9.17) is 20.9 Å². The number of carbonyl (C=O) groups is 1. The predicted molar refractivity (Wildman–Crippen MR) is 106 cm³/mol. The number of hydrogen-bond acceptors (Lipinski definition) is 6. The van der Waals surface area contributed by atoms with Crippen molar-refractivity contribution in [1.82, 2.24) is 15.5 Å². The molecule has 0 radical (unpaired) electrons. The van der Waals surface area contributed by atoms with Crippen LogP contribution < -0.4 is 10.1 Å². The third kappa shape index (κ3) is 5.55. The maximum Gasteiger partial charge on any atom is 0.261 e. The first kappa shape index (κ1) is 19.4. The summed E-state index contributed by atoms with van der Waals surface area (Å²) in [5, 5.41) is 6.92. The molecule has 2 aromatic heterocycles. The minimum absolute atomic E-state index is 0.0760. The smallest absolute Gasteiger partial charge is 0.261 e. The zero-order valence-corrected chi connectivity index (χ0v) is 16.5. The molecular weight excluding hydrogens is 386 g/mol. The van der Waals surface area contributed by atoms with Gasteiger partial charge < -0.3 is 14.6 Å². The molecular formula is C19H20ClN3O3S. The molecule has 2 heterocycles. The Balaban J connectivity index is 1.36. The van der Waals surface area contributed by atoms with E-state index >= 15 is 0 Å². The standard InChI is InChI=1S/C19H20ClN3O3S/c1-25-14-8-6-13(7-9-14)18-22-17(26-23-18)5-3-2-4-12-21-19(24)15-10-11-16(20)27-15/h6-11H,2-5,12H2,1H3,(H,21,24). The topological polar surface area (TPSA) is 77.3 Å². The van der Waals surface area contributed by atoms with Gasteiger partial charge in [0, 0.05) is 18.5 Å². The van der Waals surface area contributed by atoms with Gasteiger partial charge in [-0.2, -0.15) is 4.98 Å². The zero-order valence-electron chi connectivity index (χ0n) is 14.9. The fourth-order valence-electron chi connectivity index (χ4n) is 2.52. The van der Waals surface area contributed by atoms with Gasteiger partial charge in [0.1, 0.15) is 5.75 Å². The van der Waals surface area contributed by atoms with E-state index in [-0.39, 0.29) is 5.91 Å². The molecule has 0 atom stereocenters. The summed E-state index contributed by atoms with van der Waals surface area (Å²) < 4.78 is 11.1. The monoisotopic (exact) mass is 405 g/mol. The molecule has 0 unspecified atom stereocenters. The van der Waals surface area contributed by atoms with Crippen molar-refractivity contribution >= 4 is 28.8 Å². The maximum atomic E-state index is 11.9. The number of methoxy groups -OCH3 is 1. The Bertz CT molecular complexity index is 876. The number of unbranched alkanes of at least 4 members (excludes halogenated alkanes) is 2. The Hall–Kier alpha value is -2.38. The van der Waals surface area contributed by atoms with E-state index in [0.29, 0.717) is 27.5 Å². The fourth-order valence-corrected chi connectivity index (χ4v) is 3.48. The van der Waals surface area contributed by atoms with Gasteiger partial charge in [0.15, 0.2) is 0 Å². The van der Waals surface area contributed by atoms with Crippen LogP contribution in [0.2, 0.25) is 4.34 Å². The number of benzene rings is 1. The van der Waals surface area contributed by atoms with Crippen LogP contribution in [0.4, 0.5) is 0 Å². The number of aromatic nitrogens is 2. The van der Waals surface area contributed by atoms with Crippen molar-refractivity contribution in [2.75, 3.05) is 13.7 Å². The van der Waals surface area contributed by atoms with Crippen molar-refractivity contribution in [3.8, 4) is 17.1 Å². The van der Waals surface area contributed by atoms with Crippen molar-refractivity contribution in [3.63, 3.8) is 0 Å². The maximum absolute atomic E-state index is 11.9. The van der Waals surface area contributed by atoms with Crippen LogP contribution in [0.3, 0.4) is 0 Å². The van der Waals surface area contributed by atoms with Gasteiger partial charge in [-0.3, -0.25) is 4.79 Å². The van der Waals surface area contributed by atoms with Crippen molar-refractivity contribution in [1.29, 1.82) is 0 Å². The van der Waals surface area contributed by atoms with Gasteiger partial charge in [0.05, 0.1) is 16.3 Å². The molecule has 1 aromatic carbocycles. The number of halogens is 1. The number of nitrogens with zero attached hydrogens (tertiary/aromatic N) is 2. The lowest BCUT2D eigenvalue weighted by atomic mass is 10.2. The minimum Gasteiger partial charge on any atom is -0.497 e. The second-order valence-corrected chi connectivity index (χ2v) is 7.63. The molecule has 0 saturated carbocycles. The number of ether oxygens (including phenoxy) is 1. The molecule has 0 saturated heterocycles. The molecule has 27 heavy (non-hydrogen) atoms. The van der Waals surface area contributed by atoms with Crippen LogP contribution in [-0.2, 0) is 6.42 Å². The second-order valence-electron chi connectivity index (χ2n) is 5.91. The number of thiophene rings is 1. The zero-order chi connectivity index (χ0) is 19.1. The lowest BCUT2D eigenvalue weighted by Gasteiger charge is -2.02. The molecule has 6 nitrogen and oxygen atoms in total. The van der Waals surface area contributed by atoms with Crippen LogP contribution in [0.1, 0.15) is 34.8 Å². The summed E-state index contributed by atoms with van der Waals surface area (Å²) >= 11 is 7.12. The van der Waals surface area contributed by atoms with Crippen LogP contribution >= 0.6 is 22.9 Å². The van der Waals surface area contributed by atoms with Crippen LogP contribution in [0.25, 0.3) is 11.4 Å². The Morgan fingerprint density at radius 2 is 2.00 bits per heavy atom. The average Bonchev–Trinajstić information content (AvgIpc) is 3.33. The van der Waals surface area contributed by atoms with E-state index in [1.807, 2.05) is 24.3 Å². The van der Waals surface area contributed by atoms with Gasteiger partial charge in [0.2, 0.25) is 11.7 Å². The predicted octanol–water partition coefficient (Wildman–Crippen LogP) is 4.60. The highest BCUT2D eigenvalue weighted by atomic mass is 35.5. The lowest BCUT2D eigenvalue weighted by molar-refractivity contribution is 0.0957. The number of amides is 1. The first-order valence-electron chi connectivity index (χ1n) is 8.66. The Morgan fingerprint density at radius 1 is 1.19 bits per heavy atom. The van der Waals surface area contributed by atoms with Gasteiger partial charge in [-0.15, -0.1) is 11.3 Å². The van der Waals surface area contributed by atoms with Gasteiger partial charge in [-0.05, 0) is 49.2 Å². The quantitative estimate of drug-likeness (QED) is 0.526. The largest absolute Gasteiger partial charge is 0.497 e. The Labute approximate surface area is 166 Å². The number of hydrogen-bond donors (Lipinski definition) is 1. The molecule has 0 aliphatic carbocycles. The molecule has 142 valence electrons. The SMILES string of the molecule is COc1ccc(-c2noc(CCCCCNC(=O)c3ccc(Cl)s3)n2)cc1. The molecule has 3 rings (SSSR count). The summed E-state index contributed by atoms with van der Waals surface area (Å²) in [6, 6.07) is 11.0. The van der Waals surface area contributed by atoms with Gasteiger partial charge in [-0.25, -0.2) is 0 Å². The van der Waals surface area contributed by atoms with E-state index in [1.165, 1.54) is 11.3 Å². The van der Waals surface area contributed by atoms with E-state index in [2.05, 4.69) is 15.5 Å². The molecule has 0 aliphatic rings. The summed E-state index contributed by atoms with van der Waals surface area (Å²) in [5.41, 5.74) is 0.891. The summed E-state index contributed by atoms with van der Waals surface area (Å²) in [7, 11) is 1.63. The van der Waals surface area contributed by atoms with Crippen molar-refractivity contribution in [2.45, 2.75) is 25.7 Å². The molecule has 0 bridgehead atoms. The Kier molecular flexibility index (Phi) is 6.84. The minimum atomic E-state index is -0.0760. The molecule has 0 spiro atoms. The van der Waals surface area contributed by atoms with E-state index in [9.17, 15) is 4.79 Å². The third-order valence-corrected chi connectivity index (χ3v) is 5.20. The number of nitrogens with one attached hydrogen (secondary N) is 1. The number of carbonyl (C=O) groups excluding carboxylic acids is 1. The van der Waals surface area contributed by atoms with Crippen molar-refractivity contribution < 1.29 is 14.1 Å². The highest BCUT2D eigenvalue weighted by Gasteiger charge is 2.09.